The van der Waals surface area contributed by atoms with Crippen molar-refractivity contribution < 1.29 is 14.1 Å². The standard InChI is InChI=1S/C25H25ClN4O3/c1-16-2-8-21(9-3-16)30-15-19(14-22(30)31)25(32)29-12-10-18(11-13-29)24-27-23(28-33-24)17-4-6-20(26)7-5-17/h2-9,18-19H,10-15H2,1H3/t19-/m1/s1. The first-order valence-electron chi connectivity index (χ1n) is 11.2. The monoisotopic (exact) mass is 464 g/mol. The van der Waals surface area contributed by atoms with Crippen molar-refractivity contribution in [3.05, 3.63) is 65.0 Å². The van der Waals surface area contributed by atoms with Gasteiger partial charge in [-0.05, 0) is 56.2 Å². The molecule has 0 N–H and O–H groups in total. The van der Waals surface area contributed by atoms with Gasteiger partial charge in [-0.3, -0.25) is 9.59 Å². The van der Waals surface area contributed by atoms with Crippen LogP contribution in [0.15, 0.2) is 53.1 Å². The van der Waals surface area contributed by atoms with E-state index in [1.165, 1.54) is 0 Å². The SMILES string of the molecule is Cc1ccc(N2C[C@H](C(=O)N3CCC(c4nc(-c5ccc(Cl)cc5)no4)CC3)CC2=O)cc1. The topological polar surface area (TPSA) is 79.5 Å². The van der Waals surface area contributed by atoms with E-state index in [-0.39, 0.29) is 30.1 Å². The molecule has 2 amide bonds. The Balaban J connectivity index is 1.18. The first-order valence-corrected chi connectivity index (χ1v) is 11.6. The number of nitrogens with zero attached hydrogens (tertiary/aromatic N) is 4. The zero-order chi connectivity index (χ0) is 22.9. The van der Waals surface area contributed by atoms with Gasteiger partial charge in [-0.15, -0.1) is 0 Å². The maximum absolute atomic E-state index is 13.1. The Bertz CT molecular complexity index is 1150. The second-order valence-electron chi connectivity index (χ2n) is 8.80. The van der Waals surface area contributed by atoms with E-state index in [1.807, 2.05) is 48.2 Å². The molecule has 170 valence electrons. The number of hydrogen-bond donors (Lipinski definition) is 0. The molecule has 2 aliphatic rings. The molecule has 1 atom stereocenters. The molecule has 33 heavy (non-hydrogen) atoms. The lowest BCUT2D eigenvalue weighted by atomic mass is 9.95. The molecule has 0 spiro atoms. The number of carbonyl (C=O) groups excluding carboxylic acids is 2. The number of aryl methyl sites for hydroxylation is 1. The van der Waals surface area contributed by atoms with Crippen LogP contribution >= 0.6 is 11.6 Å². The van der Waals surface area contributed by atoms with Gasteiger partial charge in [0.15, 0.2) is 0 Å². The van der Waals surface area contributed by atoms with Gasteiger partial charge in [0.05, 0.1) is 5.92 Å². The predicted octanol–water partition coefficient (Wildman–Crippen LogP) is 4.46. The van der Waals surface area contributed by atoms with Crippen molar-refractivity contribution in [3.63, 3.8) is 0 Å². The average molecular weight is 465 g/mol. The first-order chi connectivity index (χ1) is 16.0. The first kappa shape index (κ1) is 21.6. The summed E-state index contributed by atoms with van der Waals surface area (Å²) in [5.74, 6) is 1.04. The average Bonchev–Trinajstić information content (AvgIpc) is 3.47. The van der Waals surface area contributed by atoms with Crippen LogP contribution in [0, 0.1) is 12.8 Å². The van der Waals surface area contributed by atoms with Gasteiger partial charge in [-0.25, -0.2) is 0 Å². The summed E-state index contributed by atoms with van der Waals surface area (Å²) in [5, 5.41) is 4.76. The van der Waals surface area contributed by atoms with Crippen molar-refractivity contribution in [2.75, 3.05) is 24.5 Å². The zero-order valence-electron chi connectivity index (χ0n) is 18.4. The molecule has 0 bridgehead atoms. The molecule has 2 saturated heterocycles. The number of rotatable bonds is 4. The molecule has 2 fully saturated rings. The van der Waals surface area contributed by atoms with Crippen molar-refractivity contribution >= 4 is 29.1 Å². The van der Waals surface area contributed by atoms with Crippen LogP contribution in [0.5, 0.6) is 0 Å². The van der Waals surface area contributed by atoms with Crippen molar-refractivity contribution in [3.8, 4) is 11.4 Å². The van der Waals surface area contributed by atoms with Crippen LogP contribution in [0.2, 0.25) is 5.02 Å². The fraction of sp³-hybridized carbons (Fsp3) is 0.360. The maximum Gasteiger partial charge on any atom is 0.230 e. The third kappa shape index (κ3) is 4.50. The number of anilines is 1. The number of piperidine rings is 1. The summed E-state index contributed by atoms with van der Waals surface area (Å²) >= 11 is 5.95. The molecule has 5 rings (SSSR count). The zero-order valence-corrected chi connectivity index (χ0v) is 19.2. The van der Waals surface area contributed by atoms with Gasteiger partial charge in [0.25, 0.3) is 0 Å². The normalized spacial score (nSPS) is 19.3. The van der Waals surface area contributed by atoms with Gasteiger partial charge in [0.1, 0.15) is 0 Å². The van der Waals surface area contributed by atoms with Crippen LogP contribution in [0.4, 0.5) is 5.69 Å². The number of carbonyl (C=O) groups is 2. The van der Waals surface area contributed by atoms with Gasteiger partial charge >= 0.3 is 0 Å². The Labute approximate surface area is 197 Å². The summed E-state index contributed by atoms with van der Waals surface area (Å²) in [6.45, 7) is 3.70. The molecule has 0 unspecified atom stereocenters. The predicted molar refractivity (Wildman–Crippen MR) is 125 cm³/mol. The van der Waals surface area contributed by atoms with E-state index in [4.69, 9.17) is 16.1 Å². The lowest BCUT2D eigenvalue weighted by Gasteiger charge is -2.32. The number of amides is 2. The second kappa shape index (κ2) is 8.98. The smallest absolute Gasteiger partial charge is 0.230 e. The van der Waals surface area contributed by atoms with Crippen molar-refractivity contribution in [2.45, 2.75) is 32.1 Å². The molecule has 2 aliphatic heterocycles. The maximum atomic E-state index is 13.1. The van der Waals surface area contributed by atoms with Crippen LogP contribution in [0.3, 0.4) is 0 Å². The van der Waals surface area contributed by atoms with Crippen LogP contribution < -0.4 is 4.90 Å². The minimum atomic E-state index is -0.296. The highest BCUT2D eigenvalue weighted by Crippen LogP contribution is 2.31. The van der Waals surface area contributed by atoms with Gasteiger partial charge in [-0.2, -0.15) is 4.98 Å². The quantitative estimate of drug-likeness (QED) is 0.569. The number of hydrogen-bond acceptors (Lipinski definition) is 5. The number of likely N-dealkylation sites (tertiary alicyclic amines) is 1. The fourth-order valence-corrected chi connectivity index (χ4v) is 4.70. The molecule has 0 radical (unpaired) electrons. The van der Waals surface area contributed by atoms with Crippen LogP contribution in [-0.4, -0.2) is 46.5 Å². The molecular formula is C25H25ClN4O3. The highest BCUT2D eigenvalue weighted by molar-refractivity contribution is 6.30. The van der Waals surface area contributed by atoms with E-state index in [2.05, 4.69) is 10.1 Å². The highest BCUT2D eigenvalue weighted by atomic mass is 35.5. The molecular weight excluding hydrogens is 440 g/mol. The lowest BCUT2D eigenvalue weighted by Crippen LogP contribution is -2.42. The number of aromatic nitrogens is 2. The van der Waals surface area contributed by atoms with Crippen molar-refractivity contribution in [2.24, 2.45) is 5.92 Å². The van der Waals surface area contributed by atoms with E-state index in [0.29, 0.717) is 36.4 Å². The summed E-state index contributed by atoms with van der Waals surface area (Å²) in [7, 11) is 0. The minimum Gasteiger partial charge on any atom is -0.342 e. The van der Waals surface area contributed by atoms with Crippen LogP contribution in [-0.2, 0) is 9.59 Å². The second-order valence-corrected chi connectivity index (χ2v) is 9.24. The molecule has 3 aromatic rings. The van der Waals surface area contributed by atoms with E-state index in [0.717, 1.165) is 29.7 Å². The number of halogens is 1. The van der Waals surface area contributed by atoms with E-state index in [1.54, 1.807) is 17.0 Å². The summed E-state index contributed by atoms with van der Waals surface area (Å²) in [6, 6.07) is 15.2. The highest BCUT2D eigenvalue weighted by Gasteiger charge is 2.38. The Kier molecular flexibility index (Phi) is 5.89. The van der Waals surface area contributed by atoms with E-state index >= 15 is 0 Å². The van der Waals surface area contributed by atoms with Crippen LogP contribution in [0.1, 0.15) is 36.6 Å². The summed E-state index contributed by atoms with van der Waals surface area (Å²) in [4.78, 5) is 33.8. The Morgan fingerprint density at radius 1 is 1.06 bits per heavy atom. The van der Waals surface area contributed by atoms with Gasteiger partial charge in [-0.1, -0.05) is 34.5 Å². The van der Waals surface area contributed by atoms with Gasteiger partial charge in [0, 0.05) is 48.2 Å². The molecule has 0 saturated carbocycles. The third-order valence-corrected chi connectivity index (χ3v) is 6.77. The Morgan fingerprint density at radius 3 is 2.45 bits per heavy atom. The molecule has 0 aliphatic carbocycles. The largest absolute Gasteiger partial charge is 0.342 e. The fourth-order valence-electron chi connectivity index (χ4n) is 4.57. The molecule has 2 aromatic carbocycles. The molecule has 8 heteroatoms. The summed E-state index contributed by atoms with van der Waals surface area (Å²) in [6.07, 6.45) is 1.79. The minimum absolute atomic E-state index is 0.00711. The Morgan fingerprint density at radius 2 is 1.76 bits per heavy atom. The third-order valence-electron chi connectivity index (χ3n) is 6.52. The van der Waals surface area contributed by atoms with Crippen molar-refractivity contribution in [1.29, 1.82) is 0 Å². The lowest BCUT2D eigenvalue weighted by molar-refractivity contribution is -0.136. The number of benzene rings is 2. The van der Waals surface area contributed by atoms with Crippen LogP contribution in [0.25, 0.3) is 11.4 Å². The van der Waals surface area contributed by atoms with Gasteiger partial charge in [0.2, 0.25) is 23.5 Å². The van der Waals surface area contributed by atoms with Gasteiger partial charge < -0.3 is 14.3 Å². The van der Waals surface area contributed by atoms with E-state index in [9.17, 15) is 9.59 Å². The summed E-state index contributed by atoms with van der Waals surface area (Å²) < 4.78 is 5.52. The molecule has 1 aromatic heterocycles. The van der Waals surface area contributed by atoms with E-state index < -0.39 is 0 Å². The Hall–Kier alpha value is -3.19. The summed E-state index contributed by atoms with van der Waals surface area (Å²) in [5.41, 5.74) is 2.85. The molecule has 7 nitrogen and oxygen atoms in total. The molecule has 3 heterocycles. The van der Waals surface area contributed by atoms with Crippen molar-refractivity contribution in [1.82, 2.24) is 15.0 Å².